The summed E-state index contributed by atoms with van der Waals surface area (Å²) >= 11 is 12.0. The molecule has 0 spiro atoms. The number of methoxy groups -OCH3 is 1. The summed E-state index contributed by atoms with van der Waals surface area (Å²) in [5.74, 6) is 0.591. The van der Waals surface area contributed by atoms with Crippen molar-refractivity contribution < 1.29 is 19.1 Å². The van der Waals surface area contributed by atoms with Crippen LogP contribution in [0.25, 0.3) is 0 Å². The minimum Gasteiger partial charge on any atom is -0.497 e. The fourth-order valence-corrected chi connectivity index (χ4v) is 3.88. The van der Waals surface area contributed by atoms with Crippen molar-refractivity contribution in [1.82, 2.24) is 5.43 Å². The van der Waals surface area contributed by atoms with Gasteiger partial charge in [-0.05, 0) is 66.2 Å². The number of benzene rings is 3. The predicted molar refractivity (Wildman–Crippen MR) is 132 cm³/mol. The maximum Gasteiger partial charge on any atom is 0.243 e. The fourth-order valence-electron chi connectivity index (χ4n) is 3.56. The lowest BCUT2D eigenvalue weighted by Gasteiger charge is -2.17. The van der Waals surface area contributed by atoms with Crippen molar-refractivity contribution in [3.63, 3.8) is 0 Å². The van der Waals surface area contributed by atoms with E-state index in [1.54, 1.807) is 72.7 Å². The lowest BCUT2D eigenvalue weighted by Crippen LogP contribution is -2.36. The molecule has 0 aromatic heterocycles. The summed E-state index contributed by atoms with van der Waals surface area (Å²) in [6, 6.07) is 19.7. The summed E-state index contributed by atoms with van der Waals surface area (Å²) in [6.45, 7) is 0.668. The monoisotopic (exact) mass is 499 g/mol. The highest BCUT2D eigenvalue weighted by molar-refractivity contribution is 6.42. The van der Waals surface area contributed by atoms with E-state index in [1.165, 1.54) is 0 Å². The van der Waals surface area contributed by atoms with Crippen molar-refractivity contribution in [2.75, 3.05) is 24.0 Å². The molecule has 1 atom stereocenters. The largest absolute Gasteiger partial charge is 0.497 e. The third-order valence-corrected chi connectivity index (χ3v) is 6.19. The number of nitrogens with zero attached hydrogens (tertiary/aromatic N) is 1. The number of carbonyl (C=O) groups is 2. The van der Waals surface area contributed by atoms with Gasteiger partial charge in [0.15, 0.2) is 0 Å². The van der Waals surface area contributed by atoms with E-state index in [2.05, 4.69) is 10.9 Å². The van der Waals surface area contributed by atoms with Gasteiger partial charge in [-0.1, -0.05) is 29.3 Å². The molecule has 1 aliphatic heterocycles. The van der Waals surface area contributed by atoms with Crippen molar-refractivity contribution in [3.05, 3.63) is 82.3 Å². The van der Waals surface area contributed by atoms with Gasteiger partial charge in [-0.2, -0.15) is 0 Å². The van der Waals surface area contributed by atoms with Crippen molar-refractivity contribution in [2.24, 2.45) is 5.92 Å². The SMILES string of the molecule is COc1ccc(N2C[C@@H](C(=O)NNc3ccc(OCc4ccc(Cl)c(Cl)c4)cc3)CC2=O)cc1. The van der Waals surface area contributed by atoms with Gasteiger partial charge >= 0.3 is 0 Å². The Labute approximate surface area is 207 Å². The number of anilines is 2. The van der Waals surface area contributed by atoms with E-state index in [4.69, 9.17) is 32.7 Å². The third kappa shape index (κ3) is 5.73. The molecule has 34 heavy (non-hydrogen) atoms. The van der Waals surface area contributed by atoms with Crippen LogP contribution >= 0.6 is 23.2 Å². The van der Waals surface area contributed by atoms with Crippen LogP contribution in [0.1, 0.15) is 12.0 Å². The highest BCUT2D eigenvalue weighted by Gasteiger charge is 2.35. The van der Waals surface area contributed by atoms with Gasteiger partial charge in [0.1, 0.15) is 18.1 Å². The molecule has 0 unspecified atom stereocenters. The minimum absolute atomic E-state index is 0.0891. The molecule has 1 heterocycles. The second-order valence-corrected chi connectivity index (χ2v) is 8.59. The van der Waals surface area contributed by atoms with Gasteiger partial charge in [0.25, 0.3) is 0 Å². The molecular formula is C25H23Cl2N3O4. The summed E-state index contributed by atoms with van der Waals surface area (Å²) in [6.07, 6.45) is 0.154. The highest BCUT2D eigenvalue weighted by atomic mass is 35.5. The molecule has 2 N–H and O–H groups in total. The molecule has 0 radical (unpaired) electrons. The maximum absolute atomic E-state index is 12.6. The van der Waals surface area contributed by atoms with E-state index in [-0.39, 0.29) is 18.2 Å². The van der Waals surface area contributed by atoms with Gasteiger partial charge in [-0.3, -0.25) is 20.4 Å². The van der Waals surface area contributed by atoms with E-state index in [0.717, 1.165) is 11.3 Å². The third-order valence-electron chi connectivity index (χ3n) is 5.45. The fraction of sp³-hybridized carbons (Fsp3) is 0.200. The molecule has 9 heteroatoms. The Hall–Kier alpha value is -3.42. The van der Waals surface area contributed by atoms with Gasteiger partial charge in [0, 0.05) is 18.7 Å². The molecule has 1 saturated heterocycles. The number of hydrogen-bond donors (Lipinski definition) is 2. The molecule has 0 bridgehead atoms. The molecule has 4 rings (SSSR count). The molecule has 3 aromatic carbocycles. The molecule has 0 aliphatic carbocycles. The standard InChI is InChI=1S/C25H23Cl2N3O4/c1-33-20-9-5-19(6-10-20)30-14-17(13-24(30)31)25(32)29-28-18-3-7-21(8-4-18)34-15-16-2-11-22(26)23(27)12-16/h2-12,17,28H,13-15H2,1H3,(H,29,32)/t17-/m0/s1. The molecule has 0 saturated carbocycles. The van der Waals surface area contributed by atoms with Crippen molar-refractivity contribution in [2.45, 2.75) is 13.0 Å². The molecular weight excluding hydrogens is 477 g/mol. The first-order chi connectivity index (χ1) is 16.4. The van der Waals surface area contributed by atoms with Crippen molar-refractivity contribution >= 4 is 46.4 Å². The Morgan fingerprint density at radius 2 is 1.71 bits per heavy atom. The summed E-state index contributed by atoms with van der Waals surface area (Å²) in [5, 5.41) is 0.979. The number of hydrazine groups is 1. The number of carbonyl (C=O) groups excluding carboxylic acids is 2. The number of nitrogens with one attached hydrogen (secondary N) is 2. The zero-order valence-corrected chi connectivity index (χ0v) is 19.9. The second kappa shape index (κ2) is 10.7. The van der Waals surface area contributed by atoms with E-state index < -0.39 is 5.92 Å². The Morgan fingerprint density at radius 3 is 2.38 bits per heavy atom. The van der Waals surface area contributed by atoms with E-state index in [1.807, 2.05) is 6.07 Å². The van der Waals surface area contributed by atoms with Gasteiger partial charge < -0.3 is 14.4 Å². The second-order valence-electron chi connectivity index (χ2n) is 7.78. The van der Waals surface area contributed by atoms with Crippen LogP contribution in [0.2, 0.25) is 10.0 Å². The van der Waals surface area contributed by atoms with Crippen molar-refractivity contribution in [1.29, 1.82) is 0 Å². The molecule has 176 valence electrons. The summed E-state index contributed by atoms with van der Waals surface area (Å²) in [4.78, 5) is 26.6. The lowest BCUT2D eigenvalue weighted by atomic mass is 10.1. The maximum atomic E-state index is 12.6. The van der Waals surface area contributed by atoms with E-state index in [0.29, 0.717) is 40.4 Å². The zero-order chi connectivity index (χ0) is 24.1. The Kier molecular flexibility index (Phi) is 7.45. The number of rotatable bonds is 8. The summed E-state index contributed by atoms with van der Waals surface area (Å²) in [5.41, 5.74) is 7.90. The number of ether oxygens (including phenoxy) is 2. The molecule has 3 aromatic rings. The topological polar surface area (TPSA) is 79.9 Å². The van der Waals surface area contributed by atoms with E-state index in [9.17, 15) is 9.59 Å². The number of hydrogen-bond acceptors (Lipinski definition) is 5. The summed E-state index contributed by atoms with van der Waals surface area (Å²) < 4.78 is 10.9. The van der Waals surface area contributed by atoms with Crippen LogP contribution in [0.5, 0.6) is 11.5 Å². The first-order valence-corrected chi connectivity index (χ1v) is 11.4. The number of amides is 2. The van der Waals surface area contributed by atoms with E-state index >= 15 is 0 Å². The van der Waals surface area contributed by atoms with Crippen LogP contribution < -0.4 is 25.2 Å². The van der Waals surface area contributed by atoms with Gasteiger partial charge in [0.2, 0.25) is 11.8 Å². The molecule has 7 nitrogen and oxygen atoms in total. The molecule has 1 aliphatic rings. The van der Waals surface area contributed by atoms with Crippen LogP contribution in [0, 0.1) is 5.92 Å². The van der Waals surface area contributed by atoms with Crippen LogP contribution in [0.3, 0.4) is 0 Å². The minimum atomic E-state index is -0.448. The molecule has 2 amide bonds. The predicted octanol–water partition coefficient (Wildman–Crippen LogP) is 5.08. The van der Waals surface area contributed by atoms with Crippen LogP contribution in [0.15, 0.2) is 66.7 Å². The lowest BCUT2D eigenvalue weighted by molar-refractivity contribution is -0.125. The van der Waals surface area contributed by atoms with Gasteiger partial charge in [-0.25, -0.2) is 0 Å². The Morgan fingerprint density at radius 1 is 1.00 bits per heavy atom. The highest BCUT2D eigenvalue weighted by Crippen LogP contribution is 2.27. The van der Waals surface area contributed by atoms with Crippen LogP contribution in [0.4, 0.5) is 11.4 Å². The van der Waals surface area contributed by atoms with Gasteiger partial charge in [-0.15, -0.1) is 0 Å². The van der Waals surface area contributed by atoms with Crippen LogP contribution in [-0.4, -0.2) is 25.5 Å². The van der Waals surface area contributed by atoms with Crippen LogP contribution in [-0.2, 0) is 16.2 Å². The zero-order valence-electron chi connectivity index (χ0n) is 18.4. The normalized spacial score (nSPS) is 15.2. The Bertz CT molecular complexity index is 1170. The summed E-state index contributed by atoms with van der Waals surface area (Å²) in [7, 11) is 1.59. The molecule has 1 fully saturated rings. The van der Waals surface area contributed by atoms with Gasteiger partial charge in [0.05, 0.1) is 28.8 Å². The first-order valence-electron chi connectivity index (χ1n) is 10.6. The Balaban J connectivity index is 1.26. The first kappa shape index (κ1) is 23.7. The number of halogens is 2. The quantitative estimate of drug-likeness (QED) is 0.422. The van der Waals surface area contributed by atoms with Crippen molar-refractivity contribution in [3.8, 4) is 11.5 Å². The average Bonchev–Trinajstić information content (AvgIpc) is 3.25. The average molecular weight is 500 g/mol. The smallest absolute Gasteiger partial charge is 0.243 e.